The van der Waals surface area contributed by atoms with E-state index in [1.807, 2.05) is 32.5 Å². The van der Waals surface area contributed by atoms with Crippen LogP contribution in [0.3, 0.4) is 0 Å². The maximum atomic E-state index is 11.8. The molecule has 1 fully saturated rings. The molecule has 2 atom stereocenters. The van der Waals surface area contributed by atoms with Crippen molar-refractivity contribution >= 4 is 28.5 Å². The van der Waals surface area contributed by atoms with E-state index >= 15 is 0 Å². The van der Waals surface area contributed by atoms with Crippen LogP contribution in [-0.4, -0.2) is 51.3 Å². The van der Waals surface area contributed by atoms with E-state index in [0.717, 1.165) is 18.1 Å². The standard InChI is InChI=1S/C12H24N2O2S2/c1-12(2,3)18(16)7-5-14-11(15)8-10-9-17-6-4-13-10/h10,13H,4-9H2,1-3H3,(H,14,15). The molecule has 4 nitrogen and oxygen atoms in total. The summed E-state index contributed by atoms with van der Waals surface area (Å²) in [6.07, 6.45) is 0.523. The van der Waals surface area contributed by atoms with E-state index in [9.17, 15) is 9.00 Å². The summed E-state index contributed by atoms with van der Waals surface area (Å²) in [5.41, 5.74) is 0. The van der Waals surface area contributed by atoms with Crippen molar-refractivity contribution in [3.8, 4) is 0 Å². The average molecular weight is 292 g/mol. The SMILES string of the molecule is CC(C)(C)S(=O)CCNC(=O)CC1CSCCN1. The summed E-state index contributed by atoms with van der Waals surface area (Å²) in [7, 11) is -0.895. The molecule has 1 rings (SSSR count). The predicted octanol–water partition coefficient (Wildman–Crippen LogP) is 0.745. The third-order valence-corrected chi connectivity index (χ3v) is 5.79. The molecule has 0 spiro atoms. The topological polar surface area (TPSA) is 58.2 Å². The van der Waals surface area contributed by atoms with Crippen LogP contribution in [0.2, 0.25) is 0 Å². The normalized spacial score (nSPS) is 22.5. The van der Waals surface area contributed by atoms with Crippen LogP contribution in [0.5, 0.6) is 0 Å². The minimum atomic E-state index is -0.895. The lowest BCUT2D eigenvalue weighted by atomic mass is 10.2. The Balaban J connectivity index is 2.15. The summed E-state index contributed by atoms with van der Waals surface area (Å²) in [5, 5.41) is 6.18. The number of hydrogen-bond acceptors (Lipinski definition) is 4. The number of hydrogen-bond donors (Lipinski definition) is 2. The van der Waals surface area contributed by atoms with Gasteiger partial charge in [0.1, 0.15) is 0 Å². The highest BCUT2D eigenvalue weighted by Gasteiger charge is 2.20. The Morgan fingerprint density at radius 2 is 2.22 bits per heavy atom. The number of nitrogens with one attached hydrogen (secondary N) is 2. The molecule has 1 aliphatic heterocycles. The second-order valence-electron chi connectivity index (χ2n) is 5.44. The van der Waals surface area contributed by atoms with Gasteiger partial charge in [0.2, 0.25) is 5.91 Å². The lowest BCUT2D eigenvalue weighted by Crippen LogP contribution is -2.42. The molecule has 0 aromatic rings. The Bertz CT molecular complexity index is 297. The summed E-state index contributed by atoms with van der Waals surface area (Å²) in [4.78, 5) is 11.7. The van der Waals surface area contributed by atoms with Crippen molar-refractivity contribution in [3.05, 3.63) is 0 Å². The van der Waals surface area contributed by atoms with E-state index in [-0.39, 0.29) is 16.7 Å². The minimum Gasteiger partial charge on any atom is -0.355 e. The molecular weight excluding hydrogens is 268 g/mol. The molecule has 1 saturated heterocycles. The molecule has 0 radical (unpaired) electrons. The van der Waals surface area contributed by atoms with Gasteiger partial charge in [0.05, 0.1) is 0 Å². The van der Waals surface area contributed by atoms with Crippen LogP contribution in [-0.2, 0) is 15.6 Å². The Hall–Kier alpha value is -0.0700. The molecule has 1 amide bonds. The smallest absolute Gasteiger partial charge is 0.221 e. The zero-order valence-electron chi connectivity index (χ0n) is 11.5. The molecule has 0 saturated carbocycles. The first-order valence-electron chi connectivity index (χ1n) is 6.36. The first kappa shape index (κ1) is 16.0. The molecule has 0 bridgehead atoms. The maximum Gasteiger partial charge on any atom is 0.221 e. The molecule has 2 N–H and O–H groups in total. The van der Waals surface area contributed by atoms with Crippen molar-refractivity contribution in [3.63, 3.8) is 0 Å². The largest absolute Gasteiger partial charge is 0.355 e. The van der Waals surface area contributed by atoms with Gasteiger partial charge in [-0.15, -0.1) is 0 Å². The zero-order chi connectivity index (χ0) is 13.6. The van der Waals surface area contributed by atoms with Gasteiger partial charge in [-0.1, -0.05) is 0 Å². The van der Waals surface area contributed by atoms with E-state index < -0.39 is 10.8 Å². The first-order chi connectivity index (χ1) is 8.39. The van der Waals surface area contributed by atoms with E-state index in [4.69, 9.17) is 0 Å². The molecular formula is C12H24N2O2S2. The molecule has 0 aromatic carbocycles. The molecule has 6 heteroatoms. The fraction of sp³-hybridized carbons (Fsp3) is 0.917. The van der Waals surface area contributed by atoms with Crippen molar-refractivity contribution in [1.82, 2.24) is 10.6 Å². The molecule has 0 aliphatic carbocycles. The third kappa shape index (κ3) is 6.20. The fourth-order valence-electron chi connectivity index (χ4n) is 1.64. The Labute approximate surface area is 117 Å². The molecule has 18 heavy (non-hydrogen) atoms. The predicted molar refractivity (Wildman–Crippen MR) is 79.5 cm³/mol. The number of carbonyl (C=O) groups is 1. The highest BCUT2D eigenvalue weighted by atomic mass is 32.2. The first-order valence-corrected chi connectivity index (χ1v) is 8.83. The van der Waals surface area contributed by atoms with Crippen LogP contribution in [0.15, 0.2) is 0 Å². The minimum absolute atomic E-state index is 0.0564. The van der Waals surface area contributed by atoms with Gasteiger partial charge >= 0.3 is 0 Å². The average Bonchev–Trinajstić information content (AvgIpc) is 2.28. The number of amides is 1. The Morgan fingerprint density at radius 3 is 2.78 bits per heavy atom. The van der Waals surface area contributed by atoms with Gasteiger partial charge in [-0.2, -0.15) is 11.8 Å². The maximum absolute atomic E-state index is 11.8. The van der Waals surface area contributed by atoms with E-state index in [2.05, 4.69) is 10.6 Å². The van der Waals surface area contributed by atoms with Crippen LogP contribution in [0.25, 0.3) is 0 Å². The van der Waals surface area contributed by atoms with Crippen molar-refractivity contribution in [2.24, 2.45) is 0 Å². The highest BCUT2D eigenvalue weighted by molar-refractivity contribution is 7.99. The molecule has 0 aromatic heterocycles. The van der Waals surface area contributed by atoms with Crippen LogP contribution >= 0.6 is 11.8 Å². The quantitative estimate of drug-likeness (QED) is 0.785. The van der Waals surface area contributed by atoms with Gasteiger partial charge in [-0.25, -0.2) is 0 Å². The van der Waals surface area contributed by atoms with Gasteiger partial charge in [-0.3, -0.25) is 9.00 Å². The summed E-state index contributed by atoms with van der Waals surface area (Å²) in [5.74, 6) is 2.72. The van der Waals surface area contributed by atoms with Crippen molar-refractivity contribution in [1.29, 1.82) is 0 Å². The van der Waals surface area contributed by atoms with Crippen molar-refractivity contribution in [2.45, 2.75) is 38.0 Å². The molecule has 1 aliphatic rings. The van der Waals surface area contributed by atoms with Crippen LogP contribution in [0, 0.1) is 0 Å². The van der Waals surface area contributed by atoms with Gasteiger partial charge in [0.15, 0.2) is 0 Å². The van der Waals surface area contributed by atoms with E-state index in [1.165, 1.54) is 0 Å². The summed E-state index contributed by atoms with van der Waals surface area (Å²) < 4.78 is 11.6. The lowest BCUT2D eigenvalue weighted by molar-refractivity contribution is -0.121. The summed E-state index contributed by atoms with van der Waals surface area (Å²) >= 11 is 1.89. The number of carbonyl (C=O) groups excluding carboxylic acids is 1. The Kier molecular flexibility index (Phi) is 6.66. The summed E-state index contributed by atoms with van der Waals surface area (Å²) in [6.45, 7) is 7.34. The van der Waals surface area contributed by atoms with Gasteiger partial charge in [0.25, 0.3) is 0 Å². The third-order valence-electron chi connectivity index (χ3n) is 2.72. The number of thioether (sulfide) groups is 1. The molecule has 2 unspecified atom stereocenters. The zero-order valence-corrected chi connectivity index (χ0v) is 13.1. The van der Waals surface area contributed by atoms with Crippen molar-refractivity contribution in [2.75, 3.05) is 30.3 Å². The van der Waals surface area contributed by atoms with E-state index in [1.54, 1.807) is 0 Å². The monoisotopic (exact) mass is 292 g/mol. The lowest BCUT2D eigenvalue weighted by Gasteiger charge is -2.22. The van der Waals surface area contributed by atoms with Gasteiger partial charge in [-0.05, 0) is 20.8 Å². The fourth-order valence-corrected chi connectivity index (χ4v) is 3.49. The van der Waals surface area contributed by atoms with Gasteiger partial charge < -0.3 is 10.6 Å². The Morgan fingerprint density at radius 1 is 1.50 bits per heavy atom. The van der Waals surface area contributed by atoms with Crippen molar-refractivity contribution < 1.29 is 9.00 Å². The summed E-state index contributed by atoms with van der Waals surface area (Å²) in [6, 6.07) is 0.289. The highest BCUT2D eigenvalue weighted by Crippen LogP contribution is 2.11. The molecule has 1 heterocycles. The molecule has 106 valence electrons. The van der Waals surface area contributed by atoms with E-state index in [0.29, 0.717) is 18.7 Å². The van der Waals surface area contributed by atoms with Crippen LogP contribution in [0.4, 0.5) is 0 Å². The van der Waals surface area contributed by atoms with Crippen LogP contribution in [0.1, 0.15) is 27.2 Å². The second kappa shape index (κ2) is 7.50. The number of rotatable bonds is 5. The van der Waals surface area contributed by atoms with Gasteiger partial charge in [0, 0.05) is 58.4 Å². The van der Waals surface area contributed by atoms with Crippen LogP contribution < -0.4 is 10.6 Å². The second-order valence-corrected chi connectivity index (χ2v) is 8.92.